The predicted octanol–water partition coefficient (Wildman–Crippen LogP) is -0.141. The molecule has 2 atom stereocenters. The van der Waals surface area contributed by atoms with Crippen LogP contribution in [0.1, 0.15) is 6.92 Å². The van der Waals surface area contributed by atoms with Gasteiger partial charge in [-0.15, -0.1) is 0 Å². The lowest BCUT2D eigenvalue weighted by atomic mass is 10.2. The summed E-state index contributed by atoms with van der Waals surface area (Å²) in [6.45, 7) is 3.05. The summed E-state index contributed by atoms with van der Waals surface area (Å²) in [5.74, 6) is -1.04. The molecule has 1 aliphatic rings. The molecule has 0 aliphatic carbocycles. The number of likely N-dealkylation sites (N-methyl/N-ethyl adjacent to an activating group) is 1. The Morgan fingerprint density at radius 1 is 1.61 bits per heavy atom. The average molecular weight is 260 g/mol. The molecule has 0 bridgehead atoms. The Balaban J connectivity index is 2.57. The highest BCUT2D eigenvalue weighted by atomic mass is 16.5. The van der Waals surface area contributed by atoms with Crippen molar-refractivity contribution in [2.45, 2.75) is 19.1 Å². The number of morpholine rings is 1. The summed E-state index contributed by atoms with van der Waals surface area (Å²) in [6.07, 6.45) is -0.936. The van der Waals surface area contributed by atoms with Crippen molar-refractivity contribution in [3.05, 3.63) is 0 Å². The van der Waals surface area contributed by atoms with Crippen LogP contribution in [0.3, 0.4) is 0 Å². The first kappa shape index (κ1) is 14.7. The number of rotatable bonds is 4. The van der Waals surface area contributed by atoms with E-state index in [1.165, 1.54) is 4.90 Å². The van der Waals surface area contributed by atoms with E-state index in [1.54, 1.807) is 19.1 Å². The van der Waals surface area contributed by atoms with Crippen molar-refractivity contribution in [2.24, 2.45) is 0 Å². The van der Waals surface area contributed by atoms with Crippen molar-refractivity contribution in [1.29, 1.82) is 0 Å². The van der Waals surface area contributed by atoms with Crippen molar-refractivity contribution in [2.75, 3.05) is 40.5 Å². The number of carboxylic acids is 1. The Morgan fingerprint density at radius 2 is 2.28 bits per heavy atom. The highest BCUT2D eigenvalue weighted by Crippen LogP contribution is 2.09. The number of carboxylic acid groups (broad SMARTS) is 1. The maximum Gasteiger partial charge on any atom is 0.334 e. The molecule has 1 rings (SSSR count). The van der Waals surface area contributed by atoms with Crippen LogP contribution in [-0.4, -0.2) is 79.5 Å². The molecule has 0 saturated carbocycles. The van der Waals surface area contributed by atoms with Crippen LogP contribution in [0.15, 0.2) is 0 Å². The molecule has 104 valence electrons. The minimum Gasteiger partial charge on any atom is -0.479 e. The highest BCUT2D eigenvalue weighted by molar-refractivity contribution is 5.77. The Hall–Kier alpha value is -1.34. The lowest BCUT2D eigenvalue weighted by Crippen LogP contribution is -2.54. The van der Waals surface area contributed by atoms with Crippen LogP contribution in [0.5, 0.6) is 0 Å². The second kappa shape index (κ2) is 6.55. The van der Waals surface area contributed by atoms with Crippen LogP contribution >= 0.6 is 0 Å². The minimum atomic E-state index is -1.04. The summed E-state index contributed by atoms with van der Waals surface area (Å²) < 4.78 is 10.1. The number of hydrogen-bond acceptors (Lipinski definition) is 4. The Kier molecular flexibility index (Phi) is 5.36. The summed E-state index contributed by atoms with van der Waals surface area (Å²) >= 11 is 0. The number of hydrogen-bond donors (Lipinski definition) is 1. The van der Waals surface area contributed by atoms with E-state index in [9.17, 15) is 9.59 Å². The molecule has 1 saturated heterocycles. The van der Waals surface area contributed by atoms with Gasteiger partial charge in [0.1, 0.15) is 0 Å². The quantitative estimate of drug-likeness (QED) is 0.761. The molecule has 0 aromatic heterocycles. The number of ether oxygens (including phenoxy) is 2. The summed E-state index contributed by atoms with van der Waals surface area (Å²) in [5.41, 5.74) is 0. The molecule has 2 unspecified atom stereocenters. The van der Waals surface area contributed by atoms with Gasteiger partial charge in [0.15, 0.2) is 6.10 Å². The fraction of sp³-hybridized carbons (Fsp3) is 0.818. The molecule has 7 heteroatoms. The van der Waals surface area contributed by atoms with E-state index >= 15 is 0 Å². The third kappa shape index (κ3) is 3.58. The number of carbonyl (C=O) groups is 2. The summed E-state index contributed by atoms with van der Waals surface area (Å²) in [7, 11) is 3.25. The SMILES string of the molecule is COCC(C)N(C)C(=O)N1CCOC(C(=O)O)C1. The molecule has 1 aliphatic heterocycles. The predicted molar refractivity (Wildman–Crippen MR) is 63.4 cm³/mol. The second-order valence-electron chi connectivity index (χ2n) is 4.34. The van der Waals surface area contributed by atoms with Gasteiger partial charge in [0, 0.05) is 20.7 Å². The fourth-order valence-electron chi connectivity index (χ4n) is 1.74. The summed E-state index contributed by atoms with van der Waals surface area (Å²) in [5, 5.41) is 8.87. The number of methoxy groups -OCH3 is 1. The Morgan fingerprint density at radius 3 is 2.83 bits per heavy atom. The van der Waals surface area contributed by atoms with Crippen LogP contribution in [0.2, 0.25) is 0 Å². The largest absolute Gasteiger partial charge is 0.479 e. The summed E-state index contributed by atoms with van der Waals surface area (Å²) in [4.78, 5) is 26.0. The van der Waals surface area contributed by atoms with Crippen molar-refractivity contribution in [1.82, 2.24) is 9.80 Å². The van der Waals surface area contributed by atoms with E-state index < -0.39 is 12.1 Å². The maximum atomic E-state index is 12.1. The molecule has 2 amide bonds. The molecule has 0 spiro atoms. The van der Waals surface area contributed by atoms with Gasteiger partial charge in [-0.2, -0.15) is 0 Å². The molecule has 0 aromatic rings. The van der Waals surface area contributed by atoms with Crippen LogP contribution < -0.4 is 0 Å². The molecule has 18 heavy (non-hydrogen) atoms. The van der Waals surface area contributed by atoms with Crippen molar-refractivity contribution in [3.63, 3.8) is 0 Å². The second-order valence-corrected chi connectivity index (χ2v) is 4.34. The minimum absolute atomic E-state index is 0.0615. The molecule has 0 radical (unpaired) electrons. The molecule has 7 nitrogen and oxygen atoms in total. The number of carbonyl (C=O) groups excluding carboxylic acids is 1. The van der Waals surface area contributed by atoms with Gasteiger partial charge in [0.2, 0.25) is 0 Å². The Bertz CT molecular complexity index is 310. The zero-order chi connectivity index (χ0) is 13.7. The molecular weight excluding hydrogens is 240 g/mol. The number of nitrogens with zero attached hydrogens (tertiary/aromatic N) is 2. The van der Waals surface area contributed by atoms with Crippen LogP contribution in [0, 0.1) is 0 Å². The molecular formula is C11H20N2O5. The fourth-order valence-corrected chi connectivity index (χ4v) is 1.74. The van der Waals surface area contributed by atoms with Gasteiger partial charge >= 0.3 is 12.0 Å². The zero-order valence-electron chi connectivity index (χ0n) is 11.0. The maximum absolute atomic E-state index is 12.1. The third-order valence-corrected chi connectivity index (χ3v) is 2.98. The van der Waals surface area contributed by atoms with E-state index in [4.69, 9.17) is 14.6 Å². The van der Waals surface area contributed by atoms with Gasteiger partial charge in [-0.05, 0) is 6.92 Å². The van der Waals surface area contributed by atoms with Gasteiger partial charge in [-0.25, -0.2) is 9.59 Å². The third-order valence-electron chi connectivity index (χ3n) is 2.98. The smallest absolute Gasteiger partial charge is 0.334 e. The van der Waals surface area contributed by atoms with Crippen LogP contribution in [-0.2, 0) is 14.3 Å². The van der Waals surface area contributed by atoms with E-state index in [-0.39, 0.29) is 25.2 Å². The van der Waals surface area contributed by atoms with Crippen LogP contribution in [0.4, 0.5) is 4.79 Å². The average Bonchev–Trinajstić information content (AvgIpc) is 2.37. The standard InChI is InChI=1S/C11H20N2O5/c1-8(7-17-3)12(2)11(16)13-4-5-18-9(6-13)10(14)15/h8-9H,4-7H2,1-3H3,(H,14,15). The van der Waals surface area contributed by atoms with Crippen molar-refractivity contribution in [3.8, 4) is 0 Å². The molecule has 1 heterocycles. The zero-order valence-corrected chi connectivity index (χ0v) is 11.0. The highest BCUT2D eigenvalue weighted by Gasteiger charge is 2.31. The van der Waals surface area contributed by atoms with Gasteiger partial charge < -0.3 is 24.4 Å². The molecule has 0 aromatic carbocycles. The van der Waals surface area contributed by atoms with Crippen LogP contribution in [0.25, 0.3) is 0 Å². The lowest BCUT2D eigenvalue weighted by Gasteiger charge is -2.35. The Labute approximate surface area is 106 Å². The first-order valence-corrected chi connectivity index (χ1v) is 5.82. The van der Waals surface area contributed by atoms with E-state index in [1.807, 2.05) is 6.92 Å². The van der Waals surface area contributed by atoms with Crippen molar-refractivity contribution >= 4 is 12.0 Å². The van der Waals surface area contributed by atoms with Gasteiger partial charge in [-0.1, -0.05) is 0 Å². The first-order chi connectivity index (χ1) is 8.47. The first-order valence-electron chi connectivity index (χ1n) is 5.82. The topological polar surface area (TPSA) is 79.3 Å². The van der Waals surface area contributed by atoms with E-state index in [0.29, 0.717) is 13.2 Å². The molecule has 1 N–H and O–H groups in total. The summed E-state index contributed by atoms with van der Waals surface area (Å²) in [6, 6.07) is -0.261. The van der Waals surface area contributed by atoms with Gasteiger partial charge in [0.05, 0.1) is 25.8 Å². The normalized spacial score (nSPS) is 21.5. The molecule has 1 fully saturated rings. The lowest BCUT2D eigenvalue weighted by molar-refractivity contribution is -0.154. The number of urea groups is 1. The number of amides is 2. The van der Waals surface area contributed by atoms with Crippen molar-refractivity contribution < 1.29 is 24.2 Å². The van der Waals surface area contributed by atoms with Gasteiger partial charge in [-0.3, -0.25) is 0 Å². The van der Waals surface area contributed by atoms with E-state index in [0.717, 1.165) is 0 Å². The van der Waals surface area contributed by atoms with Gasteiger partial charge in [0.25, 0.3) is 0 Å². The number of aliphatic carboxylic acids is 1. The van der Waals surface area contributed by atoms with E-state index in [2.05, 4.69) is 0 Å². The monoisotopic (exact) mass is 260 g/mol.